The minimum Gasteiger partial charge on any atom is -0.506 e. The van der Waals surface area contributed by atoms with Gasteiger partial charge in [0.05, 0.1) is 16.8 Å². The summed E-state index contributed by atoms with van der Waals surface area (Å²) >= 11 is 11.8. The van der Waals surface area contributed by atoms with Crippen LogP contribution in [0.2, 0.25) is 10.0 Å². The number of rotatable bonds is 5. The van der Waals surface area contributed by atoms with Crippen LogP contribution in [0.3, 0.4) is 0 Å². The summed E-state index contributed by atoms with van der Waals surface area (Å²) in [6.45, 7) is 0. The summed E-state index contributed by atoms with van der Waals surface area (Å²) in [7, 11) is 0. The Morgan fingerprint density at radius 3 is 2.52 bits per heavy atom. The van der Waals surface area contributed by atoms with Crippen molar-refractivity contribution >= 4 is 35.3 Å². The van der Waals surface area contributed by atoms with E-state index in [1.165, 1.54) is 18.3 Å². The number of hydrazone groups is 1. The van der Waals surface area contributed by atoms with Gasteiger partial charge in [0.25, 0.3) is 5.91 Å². The molecule has 0 fully saturated rings. The third-order valence-electron chi connectivity index (χ3n) is 3.53. The third kappa shape index (κ3) is 4.78. The highest BCUT2D eigenvalue weighted by Gasteiger charge is 2.12. The highest BCUT2D eigenvalue weighted by Crippen LogP contribution is 2.30. The number of aromatic hydroxyl groups is 1. The fourth-order valence-corrected chi connectivity index (χ4v) is 2.77. The fraction of sp³-hybridized carbons (Fsp3) is 0. The van der Waals surface area contributed by atoms with E-state index in [-0.39, 0.29) is 16.3 Å². The van der Waals surface area contributed by atoms with Gasteiger partial charge in [0.2, 0.25) is 0 Å². The van der Waals surface area contributed by atoms with E-state index in [0.717, 1.165) is 0 Å². The first kappa shape index (κ1) is 18.8. The van der Waals surface area contributed by atoms with Crippen molar-refractivity contribution in [1.29, 1.82) is 0 Å². The maximum absolute atomic E-state index is 12.4. The summed E-state index contributed by atoms with van der Waals surface area (Å²) in [6.07, 6.45) is 1.26. The van der Waals surface area contributed by atoms with Crippen molar-refractivity contribution in [3.05, 3.63) is 87.9 Å². The molecule has 1 amide bonds. The average Bonchev–Trinajstić information content (AvgIpc) is 2.66. The molecule has 0 atom stereocenters. The number of nitrogens with zero attached hydrogens (tertiary/aromatic N) is 1. The molecule has 0 saturated heterocycles. The number of amides is 1. The number of carbonyl (C=O) groups excluding carboxylic acids is 1. The van der Waals surface area contributed by atoms with Gasteiger partial charge in [-0.3, -0.25) is 4.79 Å². The Morgan fingerprint density at radius 2 is 1.74 bits per heavy atom. The van der Waals surface area contributed by atoms with E-state index in [0.29, 0.717) is 22.1 Å². The number of para-hydroxylation sites is 2. The van der Waals surface area contributed by atoms with Crippen LogP contribution in [-0.4, -0.2) is 17.2 Å². The van der Waals surface area contributed by atoms with Crippen LogP contribution >= 0.6 is 23.2 Å². The number of hydrogen-bond acceptors (Lipinski definition) is 4. The number of ether oxygens (including phenoxy) is 1. The molecule has 0 aliphatic rings. The minimum atomic E-state index is -0.467. The summed E-state index contributed by atoms with van der Waals surface area (Å²) in [5, 5.41) is 14.2. The normalized spacial score (nSPS) is 10.7. The predicted octanol–water partition coefficient (Wildman–Crippen LogP) is 5.26. The molecule has 0 aliphatic carbocycles. The van der Waals surface area contributed by atoms with Gasteiger partial charge in [0.15, 0.2) is 0 Å². The van der Waals surface area contributed by atoms with Crippen LogP contribution in [0.1, 0.15) is 15.9 Å². The maximum atomic E-state index is 12.4. The second kappa shape index (κ2) is 8.58. The lowest BCUT2D eigenvalue weighted by atomic mass is 10.2. The quantitative estimate of drug-likeness (QED) is 0.453. The summed E-state index contributed by atoms with van der Waals surface area (Å²) in [6, 6.07) is 18.8. The van der Waals surface area contributed by atoms with Gasteiger partial charge in [0.1, 0.15) is 17.2 Å². The van der Waals surface area contributed by atoms with E-state index >= 15 is 0 Å². The molecule has 0 heterocycles. The Balaban J connectivity index is 1.75. The zero-order valence-corrected chi connectivity index (χ0v) is 15.4. The van der Waals surface area contributed by atoms with E-state index in [2.05, 4.69) is 10.5 Å². The first-order valence-electron chi connectivity index (χ1n) is 7.88. The number of hydrogen-bond donors (Lipinski definition) is 2. The topological polar surface area (TPSA) is 70.9 Å². The van der Waals surface area contributed by atoms with Crippen LogP contribution in [0.5, 0.6) is 17.2 Å². The molecule has 0 bridgehead atoms. The number of phenolic OH excluding ortho intramolecular Hbond substituents is 1. The summed E-state index contributed by atoms with van der Waals surface area (Å²) in [5.41, 5.74) is 2.98. The fourth-order valence-electron chi connectivity index (χ4n) is 2.26. The standard InChI is InChI=1S/C20H14Cl2N2O3/c21-14-10-13(19(25)17(22)11-14)12-23-24-20(26)16-8-4-5-9-18(16)27-15-6-2-1-3-7-15/h1-12,25H,(H,24,26). The van der Waals surface area contributed by atoms with Gasteiger partial charge < -0.3 is 9.84 Å². The molecule has 0 aromatic heterocycles. The van der Waals surface area contributed by atoms with E-state index in [4.69, 9.17) is 27.9 Å². The first-order valence-corrected chi connectivity index (χ1v) is 8.63. The molecule has 3 rings (SSSR count). The van der Waals surface area contributed by atoms with Gasteiger partial charge in [-0.05, 0) is 36.4 Å². The molecular formula is C20H14Cl2N2O3. The van der Waals surface area contributed by atoms with Crippen molar-refractivity contribution in [2.45, 2.75) is 0 Å². The van der Waals surface area contributed by atoms with Crippen molar-refractivity contribution in [3.8, 4) is 17.2 Å². The summed E-state index contributed by atoms with van der Waals surface area (Å²) in [4.78, 5) is 12.4. The molecule has 27 heavy (non-hydrogen) atoms. The molecule has 0 spiro atoms. The van der Waals surface area contributed by atoms with Gasteiger partial charge in [-0.2, -0.15) is 5.10 Å². The van der Waals surface area contributed by atoms with E-state index in [1.807, 2.05) is 18.2 Å². The van der Waals surface area contributed by atoms with Crippen molar-refractivity contribution in [2.75, 3.05) is 0 Å². The number of benzene rings is 3. The van der Waals surface area contributed by atoms with Gasteiger partial charge >= 0.3 is 0 Å². The molecule has 0 unspecified atom stereocenters. The largest absolute Gasteiger partial charge is 0.506 e. The van der Waals surface area contributed by atoms with E-state index < -0.39 is 5.91 Å². The second-order valence-corrected chi connectivity index (χ2v) is 6.28. The highest BCUT2D eigenvalue weighted by molar-refractivity contribution is 6.36. The van der Waals surface area contributed by atoms with E-state index in [1.54, 1.807) is 36.4 Å². The Hall–Kier alpha value is -3.02. The SMILES string of the molecule is O=C(NN=Cc1cc(Cl)cc(Cl)c1O)c1ccccc1Oc1ccccc1. The Kier molecular flexibility index (Phi) is 5.96. The Bertz CT molecular complexity index is 992. The lowest BCUT2D eigenvalue weighted by molar-refractivity contribution is 0.0953. The van der Waals surface area contributed by atoms with Gasteiger partial charge in [-0.25, -0.2) is 5.43 Å². The van der Waals surface area contributed by atoms with Crippen LogP contribution in [0.25, 0.3) is 0 Å². The Labute approximate surface area is 165 Å². The number of halogens is 2. The predicted molar refractivity (Wildman–Crippen MR) is 106 cm³/mol. The molecule has 136 valence electrons. The van der Waals surface area contributed by atoms with Crippen LogP contribution < -0.4 is 10.2 Å². The van der Waals surface area contributed by atoms with Crippen molar-refractivity contribution in [1.82, 2.24) is 5.43 Å². The number of phenols is 1. The Morgan fingerprint density at radius 1 is 1.04 bits per heavy atom. The minimum absolute atomic E-state index is 0.0943. The molecule has 0 aliphatic heterocycles. The molecule has 2 N–H and O–H groups in total. The molecule has 3 aromatic rings. The van der Waals surface area contributed by atoms with Gasteiger partial charge in [-0.1, -0.05) is 53.5 Å². The lowest BCUT2D eigenvalue weighted by Crippen LogP contribution is -2.18. The number of nitrogens with one attached hydrogen (secondary N) is 1. The smallest absolute Gasteiger partial charge is 0.275 e. The lowest BCUT2D eigenvalue weighted by Gasteiger charge is -2.10. The number of carbonyl (C=O) groups is 1. The zero-order chi connectivity index (χ0) is 19.2. The van der Waals surface area contributed by atoms with Crippen LogP contribution in [0, 0.1) is 0 Å². The monoisotopic (exact) mass is 400 g/mol. The van der Waals surface area contributed by atoms with Crippen molar-refractivity contribution in [3.63, 3.8) is 0 Å². The van der Waals surface area contributed by atoms with Crippen molar-refractivity contribution < 1.29 is 14.6 Å². The highest BCUT2D eigenvalue weighted by atomic mass is 35.5. The van der Waals surface area contributed by atoms with Gasteiger partial charge in [0, 0.05) is 10.6 Å². The van der Waals surface area contributed by atoms with Crippen LogP contribution in [0.15, 0.2) is 71.8 Å². The molecule has 0 saturated carbocycles. The van der Waals surface area contributed by atoms with Gasteiger partial charge in [-0.15, -0.1) is 0 Å². The average molecular weight is 401 g/mol. The van der Waals surface area contributed by atoms with Crippen LogP contribution in [-0.2, 0) is 0 Å². The molecule has 0 radical (unpaired) electrons. The molecular weight excluding hydrogens is 387 g/mol. The summed E-state index contributed by atoms with van der Waals surface area (Å²) < 4.78 is 5.76. The van der Waals surface area contributed by atoms with Crippen LogP contribution in [0.4, 0.5) is 0 Å². The van der Waals surface area contributed by atoms with Crippen molar-refractivity contribution in [2.24, 2.45) is 5.10 Å². The maximum Gasteiger partial charge on any atom is 0.275 e. The third-order valence-corrected chi connectivity index (χ3v) is 4.04. The second-order valence-electron chi connectivity index (χ2n) is 5.44. The molecule has 3 aromatic carbocycles. The molecule has 5 nitrogen and oxygen atoms in total. The first-order chi connectivity index (χ1) is 13.0. The molecule has 7 heteroatoms. The zero-order valence-electron chi connectivity index (χ0n) is 13.9. The summed E-state index contributed by atoms with van der Waals surface area (Å²) in [5.74, 6) is 0.363. The van der Waals surface area contributed by atoms with E-state index in [9.17, 15) is 9.90 Å².